The zero-order chi connectivity index (χ0) is 13.1. The highest BCUT2D eigenvalue weighted by atomic mass is 19.1. The first kappa shape index (κ1) is 12.1. The molecule has 94 valence electrons. The fourth-order valence-corrected chi connectivity index (χ4v) is 1.53. The van der Waals surface area contributed by atoms with Crippen molar-refractivity contribution in [2.45, 2.75) is 6.92 Å². The summed E-state index contributed by atoms with van der Waals surface area (Å²) >= 11 is 0. The van der Waals surface area contributed by atoms with Gasteiger partial charge in [0.25, 0.3) is 0 Å². The molecule has 2 rings (SSSR count). The highest BCUT2D eigenvalue weighted by Crippen LogP contribution is 2.22. The van der Waals surface area contributed by atoms with E-state index in [-0.39, 0.29) is 29.5 Å². The van der Waals surface area contributed by atoms with Crippen LogP contribution in [0.5, 0.6) is 0 Å². The van der Waals surface area contributed by atoms with Crippen LogP contribution in [0, 0.1) is 5.82 Å². The van der Waals surface area contributed by atoms with Gasteiger partial charge in [-0.2, -0.15) is 0 Å². The average Bonchev–Trinajstić information content (AvgIpc) is 2.72. The van der Waals surface area contributed by atoms with Gasteiger partial charge in [0.2, 0.25) is 0 Å². The number of carbonyl (C=O) groups excluding carboxylic acids is 1. The largest absolute Gasteiger partial charge is 0.461 e. The summed E-state index contributed by atoms with van der Waals surface area (Å²) in [6.45, 7) is 1.91. The number of nitrogens with two attached hydrogens (primary N) is 1. The lowest BCUT2D eigenvalue weighted by molar-refractivity contribution is 0.0521. The maximum atomic E-state index is 13.5. The minimum atomic E-state index is -0.606. The van der Waals surface area contributed by atoms with Crippen molar-refractivity contribution >= 4 is 11.8 Å². The van der Waals surface area contributed by atoms with Gasteiger partial charge in [0.05, 0.1) is 12.2 Å². The number of aromatic amines is 1. The molecule has 0 saturated heterocycles. The van der Waals surface area contributed by atoms with E-state index in [0.29, 0.717) is 0 Å². The van der Waals surface area contributed by atoms with E-state index >= 15 is 0 Å². The Hall–Kier alpha value is -2.37. The van der Waals surface area contributed by atoms with Gasteiger partial charge in [-0.25, -0.2) is 14.2 Å². The van der Waals surface area contributed by atoms with Crippen molar-refractivity contribution in [1.29, 1.82) is 0 Å². The molecular weight excluding hydrogens is 237 g/mol. The Morgan fingerprint density at radius 3 is 2.89 bits per heavy atom. The van der Waals surface area contributed by atoms with Gasteiger partial charge >= 0.3 is 5.97 Å². The number of imidazole rings is 1. The zero-order valence-corrected chi connectivity index (χ0v) is 9.74. The predicted octanol–water partition coefficient (Wildman–Crippen LogP) is 1.97. The van der Waals surface area contributed by atoms with Crippen LogP contribution in [0.4, 0.5) is 10.2 Å². The molecule has 0 amide bonds. The Labute approximate surface area is 103 Å². The molecule has 0 saturated carbocycles. The molecule has 2 aromatic rings. The standard InChI is InChI=1S/C12H12FN3O2/c1-2-18-12(17)9-10(14)16-11(15-9)7-5-3-4-6-8(7)13/h3-6H,2,14H2,1H3,(H,15,16). The fourth-order valence-electron chi connectivity index (χ4n) is 1.53. The van der Waals surface area contributed by atoms with Crippen molar-refractivity contribution < 1.29 is 13.9 Å². The number of halogens is 1. The van der Waals surface area contributed by atoms with Crippen molar-refractivity contribution in [2.24, 2.45) is 0 Å². The molecule has 0 radical (unpaired) electrons. The van der Waals surface area contributed by atoms with Crippen LogP contribution < -0.4 is 5.73 Å². The van der Waals surface area contributed by atoms with Gasteiger partial charge in [-0.05, 0) is 19.1 Å². The molecule has 6 heteroatoms. The van der Waals surface area contributed by atoms with E-state index in [0.717, 1.165) is 0 Å². The number of hydrogen-bond acceptors (Lipinski definition) is 4. The first-order valence-corrected chi connectivity index (χ1v) is 5.41. The number of nitrogens with zero attached hydrogens (tertiary/aromatic N) is 1. The van der Waals surface area contributed by atoms with Gasteiger partial charge in [0.1, 0.15) is 11.6 Å². The number of hydrogen-bond donors (Lipinski definition) is 2. The summed E-state index contributed by atoms with van der Waals surface area (Å²) in [6, 6.07) is 6.08. The second kappa shape index (κ2) is 4.87. The number of aromatic nitrogens is 2. The molecule has 5 nitrogen and oxygen atoms in total. The quantitative estimate of drug-likeness (QED) is 0.815. The first-order chi connectivity index (χ1) is 8.63. The Morgan fingerprint density at radius 2 is 2.22 bits per heavy atom. The minimum Gasteiger partial charge on any atom is -0.461 e. The van der Waals surface area contributed by atoms with E-state index in [1.54, 1.807) is 25.1 Å². The number of rotatable bonds is 3. The monoisotopic (exact) mass is 249 g/mol. The van der Waals surface area contributed by atoms with Crippen LogP contribution in [0.2, 0.25) is 0 Å². The topological polar surface area (TPSA) is 81.0 Å². The van der Waals surface area contributed by atoms with Crippen LogP contribution in [0.3, 0.4) is 0 Å². The summed E-state index contributed by atoms with van der Waals surface area (Å²) in [5.41, 5.74) is 5.88. The molecule has 0 fully saturated rings. The highest BCUT2D eigenvalue weighted by molar-refractivity contribution is 5.93. The molecule has 1 heterocycles. The van der Waals surface area contributed by atoms with Crippen LogP contribution in [-0.2, 0) is 4.74 Å². The number of nitrogen functional groups attached to an aromatic ring is 1. The fraction of sp³-hybridized carbons (Fsp3) is 0.167. The van der Waals surface area contributed by atoms with Crippen molar-refractivity contribution in [1.82, 2.24) is 9.97 Å². The van der Waals surface area contributed by atoms with E-state index in [1.807, 2.05) is 0 Å². The summed E-state index contributed by atoms with van der Waals surface area (Å²) in [5.74, 6) is -0.855. The molecule has 0 aliphatic carbocycles. The van der Waals surface area contributed by atoms with Crippen molar-refractivity contribution in [3.8, 4) is 11.4 Å². The van der Waals surface area contributed by atoms with Gasteiger partial charge in [0.15, 0.2) is 11.5 Å². The number of carbonyl (C=O) groups is 1. The first-order valence-electron chi connectivity index (χ1n) is 5.41. The Balaban J connectivity index is 2.41. The molecule has 0 bridgehead atoms. The Morgan fingerprint density at radius 1 is 1.50 bits per heavy atom. The molecular formula is C12H12FN3O2. The van der Waals surface area contributed by atoms with E-state index in [1.165, 1.54) is 6.07 Å². The SMILES string of the molecule is CCOC(=O)c1[nH]c(-c2ccccc2F)nc1N. The van der Waals surface area contributed by atoms with Gasteiger partial charge in [-0.3, -0.25) is 0 Å². The maximum absolute atomic E-state index is 13.5. The maximum Gasteiger partial charge on any atom is 0.358 e. The summed E-state index contributed by atoms with van der Waals surface area (Å²) < 4.78 is 18.4. The molecule has 1 aromatic carbocycles. The number of esters is 1. The second-order valence-electron chi connectivity index (χ2n) is 3.55. The third-order valence-electron chi connectivity index (χ3n) is 2.34. The number of benzene rings is 1. The van der Waals surface area contributed by atoms with E-state index in [2.05, 4.69) is 9.97 Å². The zero-order valence-electron chi connectivity index (χ0n) is 9.74. The lowest BCUT2D eigenvalue weighted by Crippen LogP contribution is -2.07. The number of anilines is 1. The Bertz CT molecular complexity index is 580. The van der Waals surface area contributed by atoms with Gasteiger partial charge in [-0.1, -0.05) is 12.1 Å². The van der Waals surface area contributed by atoms with E-state index < -0.39 is 11.8 Å². The van der Waals surface area contributed by atoms with Gasteiger partial charge < -0.3 is 15.5 Å². The third-order valence-corrected chi connectivity index (χ3v) is 2.34. The Kier molecular flexibility index (Phi) is 3.27. The summed E-state index contributed by atoms with van der Waals surface area (Å²) in [4.78, 5) is 18.1. The summed E-state index contributed by atoms with van der Waals surface area (Å²) in [7, 11) is 0. The molecule has 3 N–H and O–H groups in total. The van der Waals surface area contributed by atoms with E-state index in [4.69, 9.17) is 10.5 Å². The van der Waals surface area contributed by atoms with Crippen molar-refractivity contribution in [3.63, 3.8) is 0 Å². The molecule has 0 spiro atoms. The molecule has 0 aliphatic heterocycles. The number of H-pyrrole nitrogens is 1. The lowest BCUT2D eigenvalue weighted by atomic mass is 10.2. The molecule has 0 atom stereocenters. The van der Waals surface area contributed by atoms with Gasteiger partial charge in [0, 0.05) is 0 Å². The third kappa shape index (κ3) is 2.17. The van der Waals surface area contributed by atoms with Crippen LogP contribution in [-0.4, -0.2) is 22.5 Å². The smallest absolute Gasteiger partial charge is 0.358 e. The van der Waals surface area contributed by atoms with Crippen LogP contribution in [0.15, 0.2) is 24.3 Å². The predicted molar refractivity (Wildman–Crippen MR) is 64.4 cm³/mol. The highest BCUT2D eigenvalue weighted by Gasteiger charge is 2.18. The van der Waals surface area contributed by atoms with E-state index in [9.17, 15) is 9.18 Å². The van der Waals surface area contributed by atoms with Crippen molar-refractivity contribution in [2.75, 3.05) is 12.3 Å². The normalized spacial score (nSPS) is 10.3. The number of ether oxygens (including phenoxy) is 1. The number of nitrogens with one attached hydrogen (secondary N) is 1. The van der Waals surface area contributed by atoms with Crippen LogP contribution >= 0.6 is 0 Å². The molecule has 0 unspecified atom stereocenters. The summed E-state index contributed by atoms with van der Waals surface area (Å²) in [5, 5.41) is 0. The molecule has 0 aliphatic rings. The molecule has 18 heavy (non-hydrogen) atoms. The lowest BCUT2D eigenvalue weighted by Gasteiger charge is -1.99. The van der Waals surface area contributed by atoms with Crippen LogP contribution in [0.1, 0.15) is 17.4 Å². The van der Waals surface area contributed by atoms with Crippen LogP contribution in [0.25, 0.3) is 11.4 Å². The average molecular weight is 249 g/mol. The molecule has 1 aromatic heterocycles. The van der Waals surface area contributed by atoms with Crippen molar-refractivity contribution in [3.05, 3.63) is 35.8 Å². The van der Waals surface area contributed by atoms with Gasteiger partial charge in [-0.15, -0.1) is 0 Å². The minimum absolute atomic E-state index is 0.00768. The second-order valence-corrected chi connectivity index (χ2v) is 3.55. The summed E-state index contributed by atoms with van der Waals surface area (Å²) in [6.07, 6.45) is 0.